The van der Waals surface area contributed by atoms with Gasteiger partial charge in [0.1, 0.15) is 9.77 Å². The quantitative estimate of drug-likeness (QED) is 0.783. The standard InChI is InChI=1S/C21H27N3O3S2/c1-16-4-6-17(7-5-16)22-29(26,27)19-10-15-28-20(19)21(25)24-13-8-18(9-14-24)23-11-2-3-12-23/h4-7,10,15,18,22H,2-3,8-9,11-14H2,1H3. The molecule has 2 fully saturated rings. The predicted octanol–water partition coefficient (Wildman–Crippen LogP) is 3.56. The van der Waals surface area contributed by atoms with Crippen molar-refractivity contribution in [2.75, 3.05) is 30.9 Å². The van der Waals surface area contributed by atoms with E-state index in [0.717, 1.165) is 31.5 Å². The lowest BCUT2D eigenvalue weighted by molar-refractivity contribution is 0.0646. The van der Waals surface area contributed by atoms with Gasteiger partial charge >= 0.3 is 0 Å². The topological polar surface area (TPSA) is 69.7 Å². The van der Waals surface area contributed by atoms with E-state index in [2.05, 4.69) is 9.62 Å². The first-order chi connectivity index (χ1) is 13.9. The van der Waals surface area contributed by atoms with Crippen LogP contribution in [0.25, 0.3) is 0 Å². The van der Waals surface area contributed by atoms with Gasteiger partial charge in [-0.05, 0) is 69.3 Å². The van der Waals surface area contributed by atoms with Gasteiger partial charge in [-0.3, -0.25) is 9.52 Å². The van der Waals surface area contributed by atoms with Crippen molar-refractivity contribution < 1.29 is 13.2 Å². The molecule has 0 radical (unpaired) electrons. The molecule has 0 aliphatic carbocycles. The molecule has 3 heterocycles. The number of hydrogen-bond donors (Lipinski definition) is 1. The summed E-state index contributed by atoms with van der Waals surface area (Å²) >= 11 is 1.20. The molecule has 0 unspecified atom stereocenters. The number of hydrogen-bond acceptors (Lipinski definition) is 5. The summed E-state index contributed by atoms with van der Waals surface area (Å²) in [7, 11) is -3.82. The zero-order valence-corrected chi connectivity index (χ0v) is 18.3. The Bertz CT molecular complexity index is 955. The highest BCUT2D eigenvalue weighted by atomic mass is 32.2. The van der Waals surface area contributed by atoms with Crippen LogP contribution < -0.4 is 4.72 Å². The fourth-order valence-electron chi connectivity index (χ4n) is 4.18. The summed E-state index contributed by atoms with van der Waals surface area (Å²) in [6, 6.07) is 9.22. The second kappa shape index (κ2) is 8.45. The van der Waals surface area contributed by atoms with Crippen LogP contribution in [0.2, 0.25) is 0 Å². The number of likely N-dealkylation sites (tertiary alicyclic amines) is 2. The Kier molecular flexibility index (Phi) is 5.94. The summed E-state index contributed by atoms with van der Waals surface area (Å²) in [4.78, 5) is 17.8. The lowest BCUT2D eigenvalue weighted by atomic mass is 10.0. The molecule has 2 aliphatic rings. The Morgan fingerprint density at radius 1 is 1.03 bits per heavy atom. The van der Waals surface area contributed by atoms with Crippen molar-refractivity contribution >= 4 is 33.0 Å². The van der Waals surface area contributed by atoms with E-state index in [9.17, 15) is 13.2 Å². The number of anilines is 1. The first-order valence-corrected chi connectivity index (χ1v) is 12.5. The Morgan fingerprint density at radius 3 is 2.34 bits per heavy atom. The number of amides is 1. The van der Waals surface area contributed by atoms with Gasteiger partial charge in [-0.25, -0.2) is 8.42 Å². The van der Waals surface area contributed by atoms with E-state index in [0.29, 0.717) is 29.7 Å². The summed E-state index contributed by atoms with van der Waals surface area (Å²) < 4.78 is 28.4. The lowest BCUT2D eigenvalue weighted by Gasteiger charge is -2.36. The van der Waals surface area contributed by atoms with Gasteiger partial charge in [-0.2, -0.15) is 0 Å². The number of nitrogens with one attached hydrogen (secondary N) is 1. The average molecular weight is 434 g/mol. The molecule has 2 aliphatic heterocycles. The van der Waals surface area contributed by atoms with Crippen LogP contribution in [-0.4, -0.2) is 56.3 Å². The van der Waals surface area contributed by atoms with Crippen molar-refractivity contribution in [2.24, 2.45) is 0 Å². The van der Waals surface area contributed by atoms with Crippen LogP contribution >= 0.6 is 11.3 Å². The number of aryl methyl sites for hydroxylation is 1. The van der Waals surface area contributed by atoms with Gasteiger partial charge in [0.15, 0.2) is 0 Å². The van der Waals surface area contributed by atoms with Gasteiger partial charge < -0.3 is 9.80 Å². The van der Waals surface area contributed by atoms with E-state index < -0.39 is 10.0 Å². The van der Waals surface area contributed by atoms with Crippen molar-refractivity contribution in [3.8, 4) is 0 Å². The van der Waals surface area contributed by atoms with Crippen molar-refractivity contribution in [1.82, 2.24) is 9.80 Å². The third-order valence-electron chi connectivity index (χ3n) is 5.83. The summed E-state index contributed by atoms with van der Waals surface area (Å²) in [6.45, 7) is 5.64. The molecule has 0 spiro atoms. The first kappa shape index (κ1) is 20.4. The minimum atomic E-state index is -3.82. The van der Waals surface area contributed by atoms with Gasteiger partial charge in [0, 0.05) is 24.8 Å². The zero-order valence-electron chi connectivity index (χ0n) is 16.6. The largest absolute Gasteiger partial charge is 0.338 e. The molecule has 8 heteroatoms. The highest BCUT2D eigenvalue weighted by molar-refractivity contribution is 7.93. The van der Waals surface area contributed by atoms with Crippen LogP contribution in [-0.2, 0) is 10.0 Å². The van der Waals surface area contributed by atoms with Crippen LogP contribution in [0, 0.1) is 6.92 Å². The smallest absolute Gasteiger partial charge is 0.265 e. The third-order valence-corrected chi connectivity index (χ3v) is 8.28. The maximum atomic E-state index is 13.1. The number of piperidine rings is 1. The Balaban J connectivity index is 1.45. The normalized spacial score (nSPS) is 18.9. The van der Waals surface area contributed by atoms with E-state index in [1.165, 1.54) is 30.2 Å². The van der Waals surface area contributed by atoms with E-state index in [1.54, 1.807) is 17.5 Å². The van der Waals surface area contributed by atoms with Crippen LogP contribution in [0.1, 0.15) is 40.9 Å². The molecule has 2 saturated heterocycles. The number of nitrogens with zero attached hydrogens (tertiary/aromatic N) is 2. The number of carbonyl (C=O) groups excluding carboxylic acids is 1. The van der Waals surface area contributed by atoms with E-state index in [1.807, 2.05) is 24.0 Å². The second-order valence-electron chi connectivity index (χ2n) is 7.85. The van der Waals surface area contributed by atoms with Gasteiger partial charge in [-0.1, -0.05) is 17.7 Å². The molecule has 4 rings (SSSR count). The maximum Gasteiger partial charge on any atom is 0.265 e. The molecule has 2 aromatic rings. The molecule has 0 saturated carbocycles. The number of sulfonamides is 1. The number of thiophene rings is 1. The van der Waals surface area contributed by atoms with E-state index in [-0.39, 0.29) is 10.8 Å². The molecule has 0 bridgehead atoms. The SMILES string of the molecule is Cc1ccc(NS(=O)(=O)c2ccsc2C(=O)N2CCC(N3CCCC3)CC2)cc1. The summed E-state index contributed by atoms with van der Waals surface area (Å²) in [5.41, 5.74) is 1.54. The van der Waals surface area contributed by atoms with E-state index in [4.69, 9.17) is 0 Å². The highest BCUT2D eigenvalue weighted by Crippen LogP contribution is 2.28. The molecule has 0 atom stereocenters. The van der Waals surface area contributed by atoms with Gasteiger partial charge in [-0.15, -0.1) is 11.3 Å². The summed E-state index contributed by atoms with van der Waals surface area (Å²) in [6.07, 6.45) is 4.45. The monoisotopic (exact) mass is 433 g/mol. The fraction of sp³-hybridized carbons (Fsp3) is 0.476. The van der Waals surface area contributed by atoms with Crippen molar-refractivity contribution in [3.05, 3.63) is 46.2 Å². The van der Waals surface area contributed by atoms with Crippen molar-refractivity contribution in [1.29, 1.82) is 0 Å². The predicted molar refractivity (Wildman–Crippen MR) is 116 cm³/mol. The van der Waals surface area contributed by atoms with Crippen molar-refractivity contribution in [2.45, 2.75) is 43.5 Å². The summed E-state index contributed by atoms with van der Waals surface area (Å²) in [5, 5.41) is 1.67. The molecule has 29 heavy (non-hydrogen) atoms. The molecular formula is C21H27N3O3S2. The molecular weight excluding hydrogens is 406 g/mol. The Hall–Kier alpha value is -1.90. The van der Waals surface area contributed by atoms with Crippen LogP contribution in [0.5, 0.6) is 0 Å². The number of rotatable bonds is 5. The fourth-order valence-corrected chi connectivity index (χ4v) is 6.63. The molecule has 1 amide bonds. The minimum absolute atomic E-state index is 0.0646. The summed E-state index contributed by atoms with van der Waals surface area (Å²) in [5.74, 6) is -0.177. The highest BCUT2D eigenvalue weighted by Gasteiger charge is 2.32. The van der Waals surface area contributed by atoms with E-state index >= 15 is 0 Å². The van der Waals surface area contributed by atoms with Gasteiger partial charge in [0.05, 0.1) is 0 Å². The Morgan fingerprint density at radius 2 is 1.69 bits per heavy atom. The average Bonchev–Trinajstić information content (AvgIpc) is 3.42. The van der Waals surface area contributed by atoms with Crippen LogP contribution in [0.4, 0.5) is 5.69 Å². The molecule has 1 aromatic heterocycles. The van der Waals surface area contributed by atoms with Crippen LogP contribution in [0.15, 0.2) is 40.6 Å². The number of benzene rings is 1. The molecule has 1 aromatic carbocycles. The minimum Gasteiger partial charge on any atom is -0.338 e. The molecule has 156 valence electrons. The van der Waals surface area contributed by atoms with Gasteiger partial charge in [0.2, 0.25) is 0 Å². The zero-order chi connectivity index (χ0) is 20.4. The first-order valence-electron chi connectivity index (χ1n) is 10.1. The van der Waals surface area contributed by atoms with Gasteiger partial charge in [0.25, 0.3) is 15.9 Å². The van der Waals surface area contributed by atoms with Crippen LogP contribution in [0.3, 0.4) is 0 Å². The second-order valence-corrected chi connectivity index (χ2v) is 10.4. The number of carbonyl (C=O) groups is 1. The lowest BCUT2D eigenvalue weighted by Crippen LogP contribution is -2.46. The van der Waals surface area contributed by atoms with Crippen molar-refractivity contribution in [3.63, 3.8) is 0 Å². The molecule has 6 nitrogen and oxygen atoms in total. The molecule has 1 N–H and O–H groups in total. The Labute approximate surface area is 176 Å². The maximum absolute atomic E-state index is 13.1. The third kappa shape index (κ3) is 4.49.